The summed E-state index contributed by atoms with van der Waals surface area (Å²) in [6.07, 6.45) is 3.93. The number of nitrogens with one attached hydrogen (secondary N) is 2. The summed E-state index contributed by atoms with van der Waals surface area (Å²) in [5.74, 6) is 2.35. The Morgan fingerprint density at radius 2 is 2.04 bits per heavy atom. The Balaban J connectivity index is 1.82. The summed E-state index contributed by atoms with van der Waals surface area (Å²) >= 11 is 0. The molecular formula is C18H33N5O3S. The van der Waals surface area contributed by atoms with Gasteiger partial charge in [-0.25, -0.2) is 17.7 Å². The van der Waals surface area contributed by atoms with Crippen LogP contribution in [0.4, 0.5) is 0 Å². The molecule has 154 valence electrons. The quantitative estimate of drug-likeness (QED) is 0.559. The molecule has 0 aromatic carbocycles. The fourth-order valence-electron chi connectivity index (χ4n) is 2.95. The van der Waals surface area contributed by atoms with Crippen molar-refractivity contribution in [1.29, 1.82) is 0 Å². The molecule has 0 aliphatic carbocycles. The van der Waals surface area contributed by atoms with Gasteiger partial charge >= 0.3 is 0 Å². The van der Waals surface area contributed by atoms with E-state index in [0.717, 1.165) is 18.6 Å². The number of aliphatic imine (C=N–C) groups is 1. The number of oxazole rings is 1. The van der Waals surface area contributed by atoms with Crippen LogP contribution in [0.1, 0.15) is 58.6 Å². The molecule has 0 unspecified atom stereocenters. The highest BCUT2D eigenvalue weighted by Crippen LogP contribution is 2.22. The second-order valence-electron chi connectivity index (χ2n) is 7.93. The van der Waals surface area contributed by atoms with E-state index < -0.39 is 10.0 Å². The molecule has 2 N–H and O–H groups in total. The lowest BCUT2D eigenvalue weighted by Crippen LogP contribution is -2.49. The highest BCUT2D eigenvalue weighted by atomic mass is 32.2. The third-order valence-corrected chi connectivity index (χ3v) is 6.65. The molecule has 1 aromatic heterocycles. The molecule has 0 amide bonds. The first-order valence-corrected chi connectivity index (χ1v) is 11.2. The number of rotatable bonds is 6. The Morgan fingerprint density at radius 1 is 1.37 bits per heavy atom. The first-order valence-electron chi connectivity index (χ1n) is 9.56. The second-order valence-corrected chi connectivity index (χ2v) is 10.0. The van der Waals surface area contributed by atoms with Gasteiger partial charge in [0, 0.05) is 31.6 Å². The number of nitrogens with zero attached hydrogens (tertiary/aromatic N) is 3. The first kappa shape index (κ1) is 21.7. The van der Waals surface area contributed by atoms with Crippen LogP contribution >= 0.6 is 0 Å². The molecule has 0 bridgehead atoms. The molecule has 1 aliphatic rings. The van der Waals surface area contributed by atoms with Crippen LogP contribution in [0.3, 0.4) is 0 Å². The van der Waals surface area contributed by atoms with Crippen molar-refractivity contribution in [3.8, 4) is 0 Å². The van der Waals surface area contributed by atoms with Gasteiger partial charge in [0.15, 0.2) is 5.96 Å². The van der Waals surface area contributed by atoms with Gasteiger partial charge in [0.25, 0.3) is 0 Å². The molecule has 8 nitrogen and oxygen atoms in total. The van der Waals surface area contributed by atoms with Crippen molar-refractivity contribution < 1.29 is 12.8 Å². The van der Waals surface area contributed by atoms with Crippen LogP contribution in [-0.2, 0) is 22.0 Å². The van der Waals surface area contributed by atoms with Crippen LogP contribution in [-0.4, -0.2) is 55.6 Å². The Kier molecular flexibility index (Phi) is 7.27. The SMILES string of the molecule is CCCS(=O)(=O)N1CCC(NC(=NC)NCc2ncc(C(C)(C)C)o2)CC1. The predicted molar refractivity (Wildman–Crippen MR) is 107 cm³/mol. The van der Waals surface area contributed by atoms with Crippen molar-refractivity contribution in [3.05, 3.63) is 17.8 Å². The van der Waals surface area contributed by atoms with Crippen LogP contribution in [0.5, 0.6) is 0 Å². The van der Waals surface area contributed by atoms with Crippen LogP contribution in [0.25, 0.3) is 0 Å². The summed E-state index contributed by atoms with van der Waals surface area (Å²) in [4.78, 5) is 8.55. The summed E-state index contributed by atoms with van der Waals surface area (Å²) in [5.41, 5.74) is -0.0722. The maximum absolute atomic E-state index is 12.2. The summed E-state index contributed by atoms with van der Waals surface area (Å²) in [6, 6.07) is 0.193. The minimum Gasteiger partial charge on any atom is -0.443 e. The maximum Gasteiger partial charge on any atom is 0.214 e. The van der Waals surface area contributed by atoms with Crippen LogP contribution < -0.4 is 10.6 Å². The minimum absolute atomic E-state index is 0.0722. The molecule has 0 saturated carbocycles. The van der Waals surface area contributed by atoms with Crippen molar-refractivity contribution in [2.24, 2.45) is 4.99 Å². The predicted octanol–water partition coefficient (Wildman–Crippen LogP) is 1.84. The van der Waals surface area contributed by atoms with E-state index in [4.69, 9.17) is 4.42 Å². The topological polar surface area (TPSA) is 99.8 Å². The van der Waals surface area contributed by atoms with Gasteiger partial charge < -0.3 is 15.1 Å². The largest absolute Gasteiger partial charge is 0.443 e. The van der Waals surface area contributed by atoms with Gasteiger partial charge in [-0.15, -0.1) is 0 Å². The molecule has 1 fully saturated rings. The Bertz CT molecular complexity index is 728. The minimum atomic E-state index is -3.11. The van der Waals surface area contributed by atoms with Gasteiger partial charge in [0.2, 0.25) is 15.9 Å². The molecule has 9 heteroatoms. The summed E-state index contributed by atoms with van der Waals surface area (Å²) in [7, 11) is -1.39. The van der Waals surface area contributed by atoms with E-state index in [1.54, 1.807) is 17.5 Å². The van der Waals surface area contributed by atoms with Gasteiger partial charge in [-0.2, -0.15) is 0 Å². The van der Waals surface area contributed by atoms with E-state index in [0.29, 0.717) is 37.9 Å². The summed E-state index contributed by atoms with van der Waals surface area (Å²) in [5, 5.41) is 6.58. The van der Waals surface area contributed by atoms with E-state index in [2.05, 4.69) is 41.4 Å². The molecule has 1 aromatic rings. The number of guanidine groups is 1. The monoisotopic (exact) mass is 399 g/mol. The highest BCUT2D eigenvalue weighted by Gasteiger charge is 2.27. The van der Waals surface area contributed by atoms with Gasteiger partial charge in [0.05, 0.1) is 18.5 Å². The molecule has 2 rings (SSSR count). The number of piperidine rings is 1. The average Bonchev–Trinajstić information content (AvgIpc) is 3.08. The van der Waals surface area contributed by atoms with E-state index in [1.807, 2.05) is 6.92 Å². The number of sulfonamides is 1. The third kappa shape index (κ3) is 6.21. The fourth-order valence-corrected chi connectivity index (χ4v) is 4.49. The van der Waals surface area contributed by atoms with Gasteiger partial charge in [0.1, 0.15) is 5.76 Å². The number of hydrogen-bond donors (Lipinski definition) is 2. The summed E-state index contributed by atoms with van der Waals surface area (Å²) < 4.78 is 31.7. The average molecular weight is 400 g/mol. The van der Waals surface area contributed by atoms with E-state index in [1.165, 1.54) is 0 Å². The Hall–Kier alpha value is -1.61. The lowest BCUT2D eigenvalue weighted by atomic mass is 9.94. The lowest BCUT2D eigenvalue weighted by Gasteiger charge is -2.32. The zero-order valence-corrected chi connectivity index (χ0v) is 17.9. The molecular weight excluding hydrogens is 366 g/mol. The number of hydrogen-bond acceptors (Lipinski definition) is 5. The van der Waals surface area contributed by atoms with Crippen molar-refractivity contribution >= 4 is 16.0 Å². The smallest absolute Gasteiger partial charge is 0.214 e. The summed E-state index contributed by atoms with van der Waals surface area (Å²) in [6.45, 7) is 9.67. The van der Waals surface area contributed by atoms with Gasteiger partial charge in [-0.05, 0) is 19.3 Å². The van der Waals surface area contributed by atoms with E-state index >= 15 is 0 Å². The standard InChI is InChI=1S/C18H33N5O3S/c1-6-11-27(24,25)23-9-7-14(8-10-23)22-17(19-5)21-13-16-20-12-15(26-16)18(2,3)4/h12,14H,6-11,13H2,1-5H3,(H2,19,21,22). The van der Waals surface area contributed by atoms with Crippen molar-refractivity contribution in [2.75, 3.05) is 25.9 Å². The third-order valence-electron chi connectivity index (χ3n) is 4.57. The molecule has 1 saturated heterocycles. The second kappa shape index (κ2) is 9.05. The van der Waals surface area contributed by atoms with Crippen molar-refractivity contribution in [3.63, 3.8) is 0 Å². The molecule has 0 atom stereocenters. The van der Waals surface area contributed by atoms with E-state index in [9.17, 15) is 8.42 Å². The van der Waals surface area contributed by atoms with Crippen LogP contribution in [0, 0.1) is 0 Å². The van der Waals surface area contributed by atoms with Crippen molar-refractivity contribution in [1.82, 2.24) is 19.9 Å². The fraction of sp³-hybridized carbons (Fsp3) is 0.778. The maximum atomic E-state index is 12.2. The van der Waals surface area contributed by atoms with Gasteiger partial charge in [-0.3, -0.25) is 4.99 Å². The molecule has 0 radical (unpaired) electrons. The first-order chi connectivity index (χ1) is 12.7. The molecule has 2 heterocycles. The zero-order chi connectivity index (χ0) is 20.1. The Morgan fingerprint density at radius 3 is 2.56 bits per heavy atom. The molecule has 0 spiro atoms. The lowest BCUT2D eigenvalue weighted by molar-refractivity contribution is 0.305. The van der Waals surface area contributed by atoms with Crippen LogP contribution in [0.15, 0.2) is 15.6 Å². The highest BCUT2D eigenvalue weighted by molar-refractivity contribution is 7.89. The van der Waals surface area contributed by atoms with E-state index in [-0.39, 0.29) is 17.2 Å². The molecule has 27 heavy (non-hydrogen) atoms. The van der Waals surface area contributed by atoms with Gasteiger partial charge in [-0.1, -0.05) is 27.7 Å². The zero-order valence-electron chi connectivity index (χ0n) is 17.1. The Labute approximate surface area is 162 Å². The molecule has 1 aliphatic heterocycles. The van der Waals surface area contributed by atoms with Crippen molar-refractivity contribution in [2.45, 2.75) is 65.0 Å². The van der Waals surface area contributed by atoms with Crippen LogP contribution in [0.2, 0.25) is 0 Å². The normalized spacial score (nSPS) is 17.9. The number of aromatic nitrogens is 1.